The SMILES string of the molecule is COC1CCN(S(=O)(=O)c2cc(N)c(C)c(Cl)c2)C1. The van der Waals surface area contributed by atoms with E-state index in [1.165, 1.54) is 16.4 Å². The largest absolute Gasteiger partial charge is 0.398 e. The number of hydrogen-bond acceptors (Lipinski definition) is 4. The number of halogens is 1. The molecule has 0 saturated carbocycles. The fraction of sp³-hybridized carbons (Fsp3) is 0.500. The van der Waals surface area contributed by atoms with Crippen LogP contribution >= 0.6 is 11.6 Å². The quantitative estimate of drug-likeness (QED) is 0.862. The monoisotopic (exact) mass is 304 g/mol. The van der Waals surface area contributed by atoms with Crippen LogP contribution in [0.3, 0.4) is 0 Å². The van der Waals surface area contributed by atoms with Crippen molar-refractivity contribution in [2.24, 2.45) is 0 Å². The van der Waals surface area contributed by atoms with Crippen LogP contribution in [-0.4, -0.2) is 39.0 Å². The van der Waals surface area contributed by atoms with Crippen LogP contribution in [0.1, 0.15) is 12.0 Å². The summed E-state index contributed by atoms with van der Waals surface area (Å²) in [6, 6.07) is 2.90. The molecule has 0 spiro atoms. The van der Waals surface area contributed by atoms with E-state index in [2.05, 4.69) is 0 Å². The summed E-state index contributed by atoms with van der Waals surface area (Å²) in [5.41, 5.74) is 6.85. The predicted octanol–water partition coefficient (Wildman–Crippen LogP) is 1.64. The second kappa shape index (κ2) is 5.28. The van der Waals surface area contributed by atoms with Crippen molar-refractivity contribution in [1.82, 2.24) is 4.31 Å². The van der Waals surface area contributed by atoms with Crippen LogP contribution in [0.4, 0.5) is 5.69 Å². The molecule has 5 nitrogen and oxygen atoms in total. The Morgan fingerprint density at radius 2 is 2.16 bits per heavy atom. The molecule has 0 bridgehead atoms. The van der Waals surface area contributed by atoms with Crippen LogP contribution in [-0.2, 0) is 14.8 Å². The Kier molecular flexibility index (Phi) is 4.06. The van der Waals surface area contributed by atoms with Crippen molar-refractivity contribution in [1.29, 1.82) is 0 Å². The van der Waals surface area contributed by atoms with E-state index in [9.17, 15) is 8.42 Å². The highest BCUT2D eigenvalue weighted by molar-refractivity contribution is 7.89. The summed E-state index contributed by atoms with van der Waals surface area (Å²) >= 11 is 6.00. The number of nitrogen functional groups attached to an aromatic ring is 1. The normalized spacial score (nSPS) is 20.9. The van der Waals surface area contributed by atoms with Crippen LogP contribution < -0.4 is 5.73 Å². The van der Waals surface area contributed by atoms with Gasteiger partial charge < -0.3 is 10.5 Å². The number of anilines is 1. The second-order valence-corrected chi connectivity index (χ2v) is 6.97. The zero-order chi connectivity index (χ0) is 14.2. The number of nitrogens with zero attached hydrogens (tertiary/aromatic N) is 1. The van der Waals surface area contributed by atoms with Crippen molar-refractivity contribution < 1.29 is 13.2 Å². The molecule has 0 amide bonds. The first-order valence-electron chi connectivity index (χ1n) is 5.95. The third kappa shape index (κ3) is 2.72. The average Bonchev–Trinajstić information content (AvgIpc) is 2.84. The lowest BCUT2D eigenvalue weighted by Crippen LogP contribution is -2.30. The molecule has 1 atom stereocenters. The van der Waals surface area contributed by atoms with E-state index in [1.54, 1.807) is 14.0 Å². The molecule has 1 aromatic carbocycles. The summed E-state index contributed by atoms with van der Waals surface area (Å²) in [5, 5.41) is 0.362. The minimum Gasteiger partial charge on any atom is -0.398 e. The Morgan fingerprint density at radius 3 is 2.68 bits per heavy atom. The van der Waals surface area contributed by atoms with Crippen LogP contribution in [0.2, 0.25) is 5.02 Å². The van der Waals surface area contributed by atoms with Crippen molar-refractivity contribution in [3.8, 4) is 0 Å². The van der Waals surface area contributed by atoms with Gasteiger partial charge in [0.15, 0.2) is 0 Å². The zero-order valence-electron chi connectivity index (χ0n) is 10.9. The van der Waals surface area contributed by atoms with E-state index in [0.717, 1.165) is 0 Å². The van der Waals surface area contributed by atoms with E-state index >= 15 is 0 Å². The molecule has 1 aliphatic rings. The maximum Gasteiger partial charge on any atom is 0.243 e. The molecule has 0 aromatic heterocycles. The number of methoxy groups -OCH3 is 1. The van der Waals surface area contributed by atoms with Crippen molar-refractivity contribution in [3.63, 3.8) is 0 Å². The van der Waals surface area contributed by atoms with E-state index in [1.807, 2.05) is 0 Å². The molecule has 0 aliphatic carbocycles. The van der Waals surface area contributed by atoms with Gasteiger partial charge in [-0.1, -0.05) is 11.6 Å². The Hall–Kier alpha value is -0.820. The number of ether oxygens (including phenoxy) is 1. The molecule has 1 saturated heterocycles. The molecular formula is C12H17ClN2O3S. The highest BCUT2D eigenvalue weighted by atomic mass is 35.5. The fourth-order valence-electron chi connectivity index (χ4n) is 2.08. The standard InChI is InChI=1S/C12H17ClN2O3S/c1-8-11(13)5-10(6-12(8)14)19(16,17)15-4-3-9(7-15)18-2/h5-6,9H,3-4,7,14H2,1-2H3. The van der Waals surface area contributed by atoms with Crippen molar-refractivity contribution in [2.75, 3.05) is 25.9 Å². The maximum absolute atomic E-state index is 12.5. The van der Waals surface area contributed by atoms with Gasteiger partial charge in [0.1, 0.15) is 0 Å². The summed E-state index contributed by atoms with van der Waals surface area (Å²) in [6.45, 7) is 2.57. The summed E-state index contributed by atoms with van der Waals surface area (Å²) in [6.07, 6.45) is 0.651. The second-order valence-electron chi connectivity index (χ2n) is 4.63. The highest BCUT2D eigenvalue weighted by Crippen LogP contribution is 2.29. The molecule has 7 heteroatoms. The topological polar surface area (TPSA) is 72.6 Å². The number of nitrogens with two attached hydrogens (primary N) is 1. The lowest BCUT2D eigenvalue weighted by Gasteiger charge is -2.17. The van der Waals surface area contributed by atoms with Gasteiger partial charge in [-0.2, -0.15) is 4.31 Å². The van der Waals surface area contributed by atoms with E-state index < -0.39 is 10.0 Å². The van der Waals surface area contributed by atoms with Gasteiger partial charge in [0.2, 0.25) is 10.0 Å². The summed E-state index contributed by atoms with van der Waals surface area (Å²) in [4.78, 5) is 0.136. The van der Waals surface area contributed by atoms with E-state index in [4.69, 9.17) is 22.1 Å². The van der Waals surface area contributed by atoms with E-state index in [0.29, 0.717) is 35.8 Å². The fourth-order valence-corrected chi connectivity index (χ4v) is 3.92. The molecule has 1 aromatic rings. The first kappa shape index (κ1) is 14.6. The molecule has 2 N–H and O–H groups in total. The molecule has 1 aliphatic heterocycles. The third-order valence-corrected chi connectivity index (χ3v) is 5.67. The minimum absolute atomic E-state index is 0.0481. The van der Waals surface area contributed by atoms with Gasteiger partial charge in [0.05, 0.1) is 11.0 Å². The van der Waals surface area contributed by atoms with E-state index in [-0.39, 0.29) is 11.0 Å². The Bertz CT molecular complexity index is 566. The summed E-state index contributed by atoms with van der Waals surface area (Å²) < 4.78 is 31.5. The molecule has 2 rings (SSSR count). The van der Waals surface area contributed by atoms with Gasteiger partial charge in [-0.3, -0.25) is 0 Å². The lowest BCUT2D eigenvalue weighted by molar-refractivity contribution is 0.115. The molecule has 19 heavy (non-hydrogen) atoms. The number of hydrogen-bond donors (Lipinski definition) is 1. The Labute approximate surface area is 118 Å². The third-order valence-electron chi connectivity index (χ3n) is 3.44. The van der Waals surface area contributed by atoms with Crippen LogP contribution in [0.25, 0.3) is 0 Å². The van der Waals surface area contributed by atoms with Gasteiger partial charge in [-0.15, -0.1) is 0 Å². The van der Waals surface area contributed by atoms with Gasteiger partial charge in [-0.05, 0) is 31.0 Å². The van der Waals surface area contributed by atoms with Crippen molar-refractivity contribution in [3.05, 3.63) is 22.7 Å². The van der Waals surface area contributed by atoms with Gasteiger partial charge in [0, 0.05) is 30.9 Å². The average molecular weight is 305 g/mol. The molecule has 1 unspecified atom stereocenters. The first-order chi connectivity index (χ1) is 8.86. The van der Waals surface area contributed by atoms with Crippen LogP contribution in [0.15, 0.2) is 17.0 Å². The van der Waals surface area contributed by atoms with Gasteiger partial charge in [0.25, 0.3) is 0 Å². The van der Waals surface area contributed by atoms with Gasteiger partial charge >= 0.3 is 0 Å². The lowest BCUT2D eigenvalue weighted by atomic mass is 10.2. The number of sulfonamides is 1. The zero-order valence-corrected chi connectivity index (χ0v) is 12.5. The minimum atomic E-state index is -3.55. The number of rotatable bonds is 3. The maximum atomic E-state index is 12.5. The molecule has 0 radical (unpaired) electrons. The smallest absolute Gasteiger partial charge is 0.243 e. The van der Waals surface area contributed by atoms with Gasteiger partial charge in [-0.25, -0.2) is 8.42 Å². The first-order valence-corrected chi connectivity index (χ1v) is 7.76. The summed E-state index contributed by atoms with van der Waals surface area (Å²) in [7, 11) is -1.97. The molecule has 106 valence electrons. The Morgan fingerprint density at radius 1 is 1.47 bits per heavy atom. The molecular weight excluding hydrogens is 288 g/mol. The van der Waals surface area contributed by atoms with Crippen molar-refractivity contribution in [2.45, 2.75) is 24.3 Å². The summed E-state index contributed by atoms with van der Waals surface area (Å²) in [5.74, 6) is 0. The molecule has 1 heterocycles. The van der Waals surface area contributed by atoms with Crippen LogP contribution in [0.5, 0.6) is 0 Å². The Balaban J connectivity index is 2.35. The van der Waals surface area contributed by atoms with Crippen LogP contribution in [0, 0.1) is 6.92 Å². The highest BCUT2D eigenvalue weighted by Gasteiger charge is 2.33. The predicted molar refractivity (Wildman–Crippen MR) is 74.8 cm³/mol. The molecule has 1 fully saturated rings. The van der Waals surface area contributed by atoms with Crippen molar-refractivity contribution >= 4 is 27.3 Å². The number of benzene rings is 1.